The Morgan fingerprint density at radius 1 is 1.53 bits per heavy atom. The molecule has 1 atom stereocenters. The van der Waals surface area contributed by atoms with Gasteiger partial charge in [-0.1, -0.05) is 6.92 Å². The molecule has 0 bridgehead atoms. The lowest BCUT2D eigenvalue weighted by atomic mass is 9.83. The van der Waals surface area contributed by atoms with E-state index in [1.807, 2.05) is 0 Å². The third-order valence-corrected chi connectivity index (χ3v) is 4.11. The van der Waals surface area contributed by atoms with E-state index in [4.69, 9.17) is 0 Å². The van der Waals surface area contributed by atoms with E-state index < -0.39 is 0 Å². The number of hydrogen-bond donors (Lipinski definition) is 3. The van der Waals surface area contributed by atoms with Crippen LogP contribution in [-0.2, 0) is 0 Å². The first-order valence-corrected chi connectivity index (χ1v) is 7.21. The van der Waals surface area contributed by atoms with Gasteiger partial charge in [0.15, 0.2) is 0 Å². The third kappa shape index (κ3) is 3.15. The lowest BCUT2D eigenvalue weighted by Gasteiger charge is -2.34. The lowest BCUT2D eigenvalue weighted by Crippen LogP contribution is -2.42. The van der Waals surface area contributed by atoms with Crippen molar-refractivity contribution >= 4 is 5.82 Å². The second kappa shape index (κ2) is 4.96. The fourth-order valence-corrected chi connectivity index (χ4v) is 2.69. The monoisotopic (exact) mass is 262 g/mol. The van der Waals surface area contributed by atoms with Crippen molar-refractivity contribution in [2.45, 2.75) is 38.5 Å². The predicted octanol–water partition coefficient (Wildman–Crippen LogP) is 1.45. The summed E-state index contributed by atoms with van der Waals surface area (Å²) in [5.41, 5.74) is 0.203. The Morgan fingerprint density at radius 3 is 3.05 bits per heavy atom. The molecule has 1 aliphatic carbocycles. The molecule has 3 N–H and O–H groups in total. The summed E-state index contributed by atoms with van der Waals surface area (Å²) in [6.45, 7) is 5.28. The largest absolute Gasteiger partial charge is 0.369 e. The number of nitrogens with zero attached hydrogens (tertiary/aromatic N) is 1. The summed E-state index contributed by atoms with van der Waals surface area (Å²) in [7, 11) is 0. The molecule has 1 aromatic rings. The molecule has 0 radical (unpaired) electrons. The number of nitrogens with one attached hydrogen (secondary N) is 3. The van der Waals surface area contributed by atoms with Gasteiger partial charge in [0.05, 0.1) is 0 Å². The first-order valence-electron chi connectivity index (χ1n) is 7.21. The van der Waals surface area contributed by atoms with Gasteiger partial charge in [0.1, 0.15) is 11.6 Å². The van der Waals surface area contributed by atoms with Crippen molar-refractivity contribution in [1.29, 1.82) is 0 Å². The quantitative estimate of drug-likeness (QED) is 0.768. The topological polar surface area (TPSA) is 69.8 Å². The molecule has 5 nitrogen and oxygen atoms in total. The van der Waals surface area contributed by atoms with Gasteiger partial charge in [-0.25, -0.2) is 4.98 Å². The number of H-pyrrole nitrogens is 1. The Morgan fingerprint density at radius 2 is 2.37 bits per heavy atom. The second-order valence-corrected chi connectivity index (χ2v) is 6.23. The molecule has 1 unspecified atom stereocenters. The first kappa shape index (κ1) is 12.7. The Bertz CT molecular complexity index is 500. The summed E-state index contributed by atoms with van der Waals surface area (Å²) in [5.74, 6) is 2.04. The van der Waals surface area contributed by atoms with Crippen molar-refractivity contribution in [3.05, 3.63) is 22.2 Å². The third-order valence-electron chi connectivity index (χ3n) is 4.11. The lowest BCUT2D eigenvalue weighted by molar-refractivity contribution is 0.253. The summed E-state index contributed by atoms with van der Waals surface area (Å²) in [6.07, 6.45) is 4.72. The fourth-order valence-electron chi connectivity index (χ4n) is 2.69. The Kier molecular flexibility index (Phi) is 3.31. The molecule has 104 valence electrons. The number of aromatic amines is 1. The predicted molar refractivity (Wildman–Crippen MR) is 75.5 cm³/mol. The molecule has 2 heterocycles. The molecule has 3 rings (SSSR count). The summed E-state index contributed by atoms with van der Waals surface area (Å²) >= 11 is 0. The fraction of sp³-hybridized carbons (Fsp3) is 0.714. The van der Waals surface area contributed by atoms with E-state index in [0.29, 0.717) is 5.92 Å². The maximum Gasteiger partial charge on any atom is 0.252 e. The van der Waals surface area contributed by atoms with E-state index in [9.17, 15) is 4.79 Å². The zero-order valence-electron chi connectivity index (χ0n) is 11.5. The molecular formula is C14H22N4O. The highest BCUT2D eigenvalue weighted by molar-refractivity contribution is 5.34. The molecule has 2 aliphatic rings. The summed E-state index contributed by atoms with van der Waals surface area (Å²) in [4.78, 5) is 19.0. The van der Waals surface area contributed by atoms with Crippen molar-refractivity contribution in [3.63, 3.8) is 0 Å². The number of aromatic nitrogens is 2. The van der Waals surface area contributed by atoms with Crippen LogP contribution in [-0.4, -0.2) is 29.6 Å². The van der Waals surface area contributed by atoms with Crippen LogP contribution in [0.15, 0.2) is 10.9 Å². The molecule has 0 aromatic carbocycles. The van der Waals surface area contributed by atoms with Crippen LogP contribution in [0.25, 0.3) is 0 Å². The SMILES string of the molecule is CC1(CNc2cc(=O)[nH]c(C3CC3)n2)CCCNC1. The summed E-state index contributed by atoms with van der Waals surface area (Å²) in [6, 6.07) is 1.56. The molecule has 19 heavy (non-hydrogen) atoms. The smallest absolute Gasteiger partial charge is 0.252 e. The van der Waals surface area contributed by atoms with Crippen LogP contribution < -0.4 is 16.2 Å². The maximum absolute atomic E-state index is 11.6. The van der Waals surface area contributed by atoms with Crippen LogP contribution in [0.1, 0.15) is 44.3 Å². The van der Waals surface area contributed by atoms with Crippen LogP contribution in [0.3, 0.4) is 0 Å². The van der Waals surface area contributed by atoms with Gasteiger partial charge >= 0.3 is 0 Å². The second-order valence-electron chi connectivity index (χ2n) is 6.23. The van der Waals surface area contributed by atoms with E-state index in [0.717, 1.165) is 44.1 Å². The van der Waals surface area contributed by atoms with Crippen LogP contribution in [0, 0.1) is 5.41 Å². The van der Waals surface area contributed by atoms with Crippen molar-refractivity contribution in [2.75, 3.05) is 25.0 Å². The van der Waals surface area contributed by atoms with E-state index in [2.05, 4.69) is 27.5 Å². The van der Waals surface area contributed by atoms with Gasteiger partial charge in [-0.15, -0.1) is 0 Å². The molecule has 1 saturated carbocycles. The van der Waals surface area contributed by atoms with Crippen molar-refractivity contribution in [3.8, 4) is 0 Å². The normalized spacial score (nSPS) is 27.2. The zero-order chi connectivity index (χ0) is 13.3. The van der Waals surface area contributed by atoms with Crippen LogP contribution in [0.5, 0.6) is 0 Å². The Hall–Kier alpha value is -1.36. The average Bonchev–Trinajstić information content (AvgIpc) is 3.21. The number of anilines is 1. The first-order chi connectivity index (χ1) is 9.15. The highest BCUT2D eigenvalue weighted by Crippen LogP contribution is 2.37. The zero-order valence-corrected chi connectivity index (χ0v) is 11.5. The van der Waals surface area contributed by atoms with Gasteiger partial charge in [-0.2, -0.15) is 0 Å². The Labute approximate surface area is 113 Å². The van der Waals surface area contributed by atoms with Crippen LogP contribution in [0.2, 0.25) is 0 Å². The van der Waals surface area contributed by atoms with Gasteiger partial charge in [0.25, 0.3) is 5.56 Å². The van der Waals surface area contributed by atoms with Crippen molar-refractivity contribution in [1.82, 2.24) is 15.3 Å². The molecular weight excluding hydrogens is 240 g/mol. The minimum absolute atomic E-state index is 0.0497. The van der Waals surface area contributed by atoms with E-state index in [1.54, 1.807) is 6.07 Å². The molecule has 1 aromatic heterocycles. The van der Waals surface area contributed by atoms with Crippen molar-refractivity contribution < 1.29 is 0 Å². The number of piperidine rings is 1. The van der Waals surface area contributed by atoms with E-state index >= 15 is 0 Å². The summed E-state index contributed by atoms with van der Waals surface area (Å²) in [5, 5.41) is 6.78. The van der Waals surface area contributed by atoms with Crippen molar-refractivity contribution in [2.24, 2.45) is 5.41 Å². The molecule has 1 saturated heterocycles. The van der Waals surface area contributed by atoms with Gasteiger partial charge < -0.3 is 15.6 Å². The minimum atomic E-state index is -0.0497. The van der Waals surface area contributed by atoms with Gasteiger partial charge in [-0.3, -0.25) is 4.79 Å². The standard InChI is InChI=1S/C14H22N4O/c1-14(5-2-6-15-8-14)9-16-11-7-12(19)18-13(17-11)10-3-4-10/h7,10,15H,2-6,8-9H2,1H3,(H2,16,17,18,19). The summed E-state index contributed by atoms with van der Waals surface area (Å²) < 4.78 is 0. The van der Waals surface area contributed by atoms with Crippen LogP contribution in [0.4, 0.5) is 5.82 Å². The maximum atomic E-state index is 11.6. The van der Waals surface area contributed by atoms with Gasteiger partial charge in [0.2, 0.25) is 0 Å². The van der Waals surface area contributed by atoms with E-state index in [-0.39, 0.29) is 11.0 Å². The highest BCUT2D eigenvalue weighted by atomic mass is 16.1. The Balaban J connectivity index is 1.67. The average molecular weight is 262 g/mol. The van der Waals surface area contributed by atoms with Gasteiger partial charge in [-0.05, 0) is 37.6 Å². The molecule has 1 aliphatic heterocycles. The molecule has 5 heteroatoms. The minimum Gasteiger partial charge on any atom is -0.369 e. The number of rotatable bonds is 4. The van der Waals surface area contributed by atoms with Crippen LogP contribution >= 0.6 is 0 Å². The highest BCUT2D eigenvalue weighted by Gasteiger charge is 2.28. The molecule has 0 spiro atoms. The van der Waals surface area contributed by atoms with E-state index in [1.165, 1.54) is 12.8 Å². The molecule has 0 amide bonds. The number of hydrogen-bond acceptors (Lipinski definition) is 4. The molecule has 2 fully saturated rings. The van der Waals surface area contributed by atoms with Gasteiger partial charge in [0, 0.05) is 25.1 Å².